The van der Waals surface area contributed by atoms with Crippen LogP contribution in [-0.4, -0.2) is 36.3 Å². The Morgan fingerprint density at radius 3 is 2.58 bits per heavy atom. The lowest BCUT2D eigenvalue weighted by Crippen LogP contribution is -2.25. The quantitative estimate of drug-likeness (QED) is 0.334. The monoisotopic (exact) mass is 439 g/mol. The standard InChI is InChI=1S/C24H29N3O3S/c1-4-6-13-30-20-12-11-19(14-21(20)29-3)16-25-27-24-26-23(28)22(31-24)15-18-9-7-17(5-2)8-10-18/h7-12,14,16,22H,4-6,13,15H2,1-3H3,(H,26,27,28)/b25-16-/t22-/m1/s1. The van der Waals surface area contributed by atoms with Gasteiger partial charge in [0, 0.05) is 0 Å². The first-order valence-electron chi connectivity index (χ1n) is 10.6. The molecule has 0 radical (unpaired) electrons. The summed E-state index contributed by atoms with van der Waals surface area (Å²) in [7, 11) is 1.61. The molecule has 0 bridgehead atoms. The Kier molecular flexibility index (Phi) is 8.53. The van der Waals surface area contributed by atoms with Gasteiger partial charge in [-0.1, -0.05) is 56.3 Å². The van der Waals surface area contributed by atoms with Crippen molar-refractivity contribution in [2.24, 2.45) is 10.2 Å². The molecule has 1 heterocycles. The molecule has 0 spiro atoms. The fraction of sp³-hybridized carbons (Fsp3) is 0.375. The molecule has 7 heteroatoms. The van der Waals surface area contributed by atoms with E-state index >= 15 is 0 Å². The minimum atomic E-state index is -0.193. The van der Waals surface area contributed by atoms with Crippen LogP contribution in [0.15, 0.2) is 52.7 Å². The number of amides is 1. The van der Waals surface area contributed by atoms with E-state index in [-0.39, 0.29) is 11.2 Å². The third-order valence-electron chi connectivity index (χ3n) is 4.93. The molecule has 0 saturated carbocycles. The molecule has 3 rings (SSSR count). The Morgan fingerprint density at radius 2 is 1.87 bits per heavy atom. The molecule has 0 aromatic heterocycles. The lowest BCUT2D eigenvalue weighted by Gasteiger charge is -2.10. The van der Waals surface area contributed by atoms with E-state index in [4.69, 9.17) is 9.47 Å². The summed E-state index contributed by atoms with van der Waals surface area (Å²) in [5, 5.41) is 11.4. The second kappa shape index (κ2) is 11.6. The van der Waals surface area contributed by atoms with E-state index in [0.717, 1.165) is 30.4 Å². The van der Waals surface area contributed by atoms with Crippen LogP contribution in [0.25, 0.3) is 0 Å². The molecule has 2 aromatic rings. The summed E-state index contributed by atoms with van der Waals surface area (Å²) in [4.78, 5) is 12.3. The van der Waals surface area contributed by atoms with Crippen molar-refractivity contribution in [3.8, 4) is 11.5 Å². The molecule has 6 nitrogen and oxygen atoms in total. The van der Waals surface area contributed by atoms with E-state index in [9.17, 15) is 4.79 Å². The average molecular weight is 440 g/mol. The number of thioether (sulfide) groups is 1. The zero-order valence-electron chi connectivity index (χ0n) is 18.3. The molecular formula is C24H29N3O3S. The first kappa shape index (κ1) is 22.9. The van der Waals surface area contributed by atoms with E-state index in [2.05, 4.69) is 53.6 Å². The van der Waals surface area contributed by atoms with Crippen molar-refractivity contribution in [2.75, 3.05) is 13.7 Å². The summed E-state index contributed by atoms with van der Waals surface area (Å²) in [6.07, 6.45) is 5.38. The highest BCUT2D eigenvalue weighted by molar-refractivity contribution is 8.15. The van der Waals surface area contributed by atoms with Crippen LogP contribution in [0.3, 0.4) is 0 Å². The largest absolute Gasteiger partial charge is 0.493 e. The van der Waals surface area contributed by atoms with Crippen LogP contribution in [0.4, 0.5) is 0 Å². The van der Waals surface area contributed by atoms with Gasteiger partial charge in [-0.15, -0.1) is 5.10 Å². The lowest BCUT2D eigenvalue weighted by atomic mass is 10.1. The maximum Gasteiger partial charge on any atom is 0.239 e. The van der Waals surface area contributed by atoms with Gasteiger partial charge in [0.1, 0.15) is 0 Å². The van der Waals surface area contributed by atoms with Gasteiger partial charge in [0.05, 0.1) is 25.2 Å². The minimum absolute atomic E-state index is 0.0335. The van der Waals surface area contributed by atoms with Crippen LogP contribution in [0, 0.1) is 0 Å². The summed E-state index contributed by atoms with van der Waals surface area (Å²) in [5.41, 5.74) is 3.27. The van der Waals surface area contributed by atoms with Crippen LogP contribution in [0.1, 0.15) is 43.4 Å². The van der Waals surface area contributed by atoms with Crippen LogP contribution in [-0.2, 0) is 17.6 Å². The third kappa shape index (κ3) is 6.59. The molecule has 1 saturated heterocycles. The SMILES string of the molecule is CCCCOc1ccc(/C=N\N=C2\NC(=O)[C@@H](Cc3ccc(CC)cc3)S2)cc1OC. The fourth-order valence-electron chi connectivity index (χ4n) is 3.07. The van der Waals surface area contributed by atoms with Crippen molar-refractivity contribution >= 4 is 29.1 Å². The van der Waals surface area contributed by atoms with E-state index in [1.165, 1.54) is 17.3 Å². The number of ether oxygens (including phenoxy) is 2. The molecular weight excluding hydrogens is 410 g/mol. The molecule has 164 valence electrons. The van der Waals surface area contributed by atoms with Gasteiger partial charge in [-0.2, -0.15) is 5.10 Å². The summed E-state index contributed by atoms with van der Waals surface area (Å²) >= 11 is 1.41. The van der Waals surface area contributed by atoms with Crippen molar-refractivity contribution in [1.29, 1.82) is 0 Å². The van der Waals surface area contributed by atoms with E-state index < -0.39 is 0 Å². The van der Waals surface area contributed by atoms with Crippen molar-refractivity contribution in [3.05, 3.63) is 59.2 Å². The predicted octanol–water partition coefficient (Wildman–Crippen LogP) is 4.60. The predicted molar refractivity (Wildman–Crippen MR) is 127 cm³/mol. The fourth-order valence-corrected chi connectivity index (χ4v) is 4.03. The van der Waals surface area contributed by atoms with E-state index in [0.29, 0.717) is 29.7 Å². The molecule has 1 aliphatic heterocycles. The van der Waals surface area contributed by atoms with Crippen LogP contribution in [0.2, 0.25) is 0 Å². The second-order valence-electron chi connectivity index (χ2n) is 7.23. The van der Waals surface area contributed by atoms with Gasteiger partial charge in [-0.05, 0) is 54.2 Å². The maximum atomic E-state index is 12.3. The number of methoxy groups -OCH3 is 1. The number of amidine groups is 1. The number of unbranched alkanes of at least 4 members (excludes halogenated alkanes) is 1. The van der Waals surface area contributed by atoms with Crippen LogP contribution in [0.5, 0.6) is 11.5 Å². The Labute approximate surface area is 188 Å². The van der Waals surface area contributed by atoms with Crippen molar-refractivity contribution in [1.82, 2.24) is 5.32 Å². The van der Waals surface area contributed by atoms with Crippen molar-refractivity contribution in [3.63, 3.8) is 0 Å². The number of aryl methyl sites for hydroxylation is 1. The Balaban J connectivity index is 1.59. The topological polar surface area (TPSA) is 72.3 Å². The highest BCUT2D eigenvalue weighted by atomic mass is 32.2. The summed E-state index contributed by atoms with van der Waals surface area (Å²) in [6, 6.07) is 14.0. The Morgan fingerprint density at radius 1 is 1.10 bits per heavy atom. The molecule has 0 aliphatic carbocycles. The molecule has 1 fully saturated rings. The number of hydrogen-bond acceptors (Lipinski definition) is 6. The van der Waals surface area contributed by atoms with E-state index in [1.807, 2.05) is 18.2 Å². The normalized spacial score (nSPS) is 17.3. The Bertz CT molecular complexity index is 942. The number of nitrogens with zero attached hydrogens (tertiary/aromatic N) is 2. The van der Waals surface area contributed by atoms with Gasteiger partial charge in [0.2, 0.25) is 5.91 Å². The highest BCUT2D eigenvalue weighted by Gasteiger charge is 2.30. The Hall–Kier alpha value is -2.80. The number of nitrogens with one attached hydrogen (secondary N) is 1. The smallest absolute Gasteiger partial charge is 0.239 e. The second-order valence-corrected chi connectivity index (χ2v) is 8.42. The maximum absolute atomic E-state index is 12.3. The highest BCUT2D eigenvalue weighted by Crippen LogP contribution is 2.28. The number of carbonyl (C=O) groups is 1. The first-order chi connectivity index (χ1) is 15.1. The third-order valence-corrected chi connectivity index (χ3v) is 6.00. The van der Waals surface area contributed by atoms with Gasteiger partial charge in [0.15, 0.2) is 16.7 Å². The van der Waals surface area contributed by atoms with Crippen molar-refractivity contribution < 1.29 is 14.3 Å². The van der Waals surface area contributed by atoms with Gasteiger partial charge < -0.3 is 14.8 Å². The molecule has 1 aliphatic rings. The zero-order chi connectivity index (χ0) is 22.1. The number of hydrogen-bond donors (Lipinski definition) is 1. The average Bonchev–Trinajstić information content (AvgIpc) is 3.14. The molecule has 0 unspecified atom stereocenters. The lowest BCUT2D eigenvalue weighted by molar-refractivity contribution is -0.118. The van der Waals surface area contributed by atoms with Crippen LogP contribution < -0.4 is 14.8 Å². The summed E-state index contributed by atoms with van der Waals surface area (Å²) in [5.74, 6) is 1.34. The summed E-state index contributed by atoms with van der Waals surface area (Å²) in [6.45, 7) is 4.91. The molecule has 31 heavy (non-hydrogen) atoms. The molecule has 2 aromatic carbocycles. The zero-order valence-corrected chi connectivity index (χ0v) is 19.1. The molecule has 1 atom stereocenters. The van der Waals surface area contributed by atoms with Crippen LogP contribution >= 0.6 is 11.8 Å². The van der Waals surface area contributed by atoms with Gasteiger partial charge in [-0.25, -0.2) is 0 Å². The number of carbonyl (C=O) groups excluding carboxylic acids is 1. The van der Waals surface area contributed by atoms with Crippen molar-refractivity contribution in [2.45, 2.75) is 44.8 Å². The van der Waals surface area contributed by atoms with Gasteiger partial charge in [-0.3, -0.25) is 4.79 Å². The van der Waals surface area contributed by atoms with E-state index in [1.54, 1.807) is 13.3 Å². The van der Waals surface area contributed by atoms with Gasteiger partial charge in [0.25, 0.3) is 0 Å². The first-order valence-corrected chi connectivity index (χ1v) is 11.5. The molecule has 1 amide bonds. The number of benzene rings is 2. The number of rotatable bonds is 10. The molecule has 1 N–H and O–H groups in total. The van der Waals surface area contributed by atoms with Gasteiger partial charge >= 0.3 is 0 Å². The summed E-state index contributed by atoms with van der Waals surface area (Å²) < 4.78 is 11.2. The minimum Gasteiger partial charge on any atom is -0.493 e.